The van der Waals surface area contributed by atoms with Crippen LogP contribution in [0.15, 0.2) is 43.0 Å². The summed E-state index contributed by atoms with van der Waals surface area (Å²) in [5.74, 6) is 1.56. The first-order valence-electron chi connectivity index (χ1n) is 9.31. The molecule has 2 N–H and O–H groups in total. The van der Waals surface area contributed by atoms with Crippen LogP contribution in [-0.2, 0) is 0 Å². The molecule has 1 saturated carbocycles. The van der Waals surface area contributed by atoms with Crippen LogP contribution in [-0.4, -0.2) is 30.6 Å². The van der Waals surface area contributed by atoms with E-state index < -0.39 is 0 Å². The van der Waals surface area contributed by atoms with E-state index in [0.29, 0.717) is 6.04 Å². The number of H-pyrrole nitrogens is 1. The Balaban J connectivity index is 1.44. The van der Waals surface area contributed by atoms with Gasteiger partial charge >= 0.3 is 0 Å². The second-order valence-corrected chi connectivity index (χ2v) is 7.38. The van der Waals surface area contributed by atoms with Crippen molar-refractivity contribution < 1.29 is 0 Å². The Morgan fingerprint density at radius 3 is 2.96 bits per heavy atom. The third kappa shape index (κ3) is 2.71. The lowest BCUT2D eigenvalue weighted by molar-refractivity contribution is 0.360. The summed E-state index contributed by atoms with van der Waals surface area (Å²) in [6.07, 6.45) is 12.7. The zero-order valence-corrected chi connectivity index (χ0v) is 14.8. The molecule has 26 heavy (non-hydrogen) atoms. The number of nitrogens with one attached hydrogen (secondary N) is 2. The highest BCUT2D eigenvalue weighted by atomic mass is 15.2. The number of hydrogen-bond donors (Lipinski definition) is 2. The van der Waals surface area contributed by atoms with Crippen LogP contribution in [0.4, 0.5) is 5.95 Å². The monoisotopic (exact) mass is 346 g/mol. The molecule has 0 radical (unpaired) electrons. The lowest BCUT2D eigenvalue weighted by Crippen LogP contribution is -2.26. The van der Waals surface area contributed by atoms with Gasteiger partial charge in [0.2, 0.25) is 5.95 Å². The summed E-state index contributed by atoms with van der Waals surface area (Å²) >= 11 is 0. The fraction of sp³-hybridized carbons (Fsp3) is 0.350. The molecule has 4 heterocycles. The molecule has 5 rings (SSSR count). The van der Waals surface area contributed by atoms with Crippen LogP contribution in [0, 0.1) is 5.92 Å². The maximum absolute atomic E-state index is 4.69. The number of pyridine rings is 1. The minimum Gasteiger partial charge on any atom is -0.351 e. The highest BCUT2D eigenvalue weighted by Gasteiger charge is 2.19. The Labute approximate surface area is 151 Å². The summed E-state index contributed by atoms with van der Waals surface area (Å²) < 4.78 is 1.86. The van der Waals surface area contributed by atoms with E-state index in [1.54, 1.807) is 6.20 Å². The van der Waals surface area contributed by atoms with E-state index in [9.17, 15) is 0 Å². The molecular formula is C20H22N6. The third-order valence-electron chi connectivity index (χ3n) is 5.49. The van der Waals surface area contributed by atoms with Crippen LogP contribution < -0.4 is 5.32 Å². The fourth-order valence-corrected chi connectivity index (χ4v) is 3.89. The van der Waals surface area contributed by atoms with Gasteiger partial charge in [-0.1, -0.05) is 6.92 Å². The minimum absolute atomic E-state index is 0.488. The molecule has 4 aromatic rings. The van der Waals surface area contributed by atoms with E-state index in [1.165, 1.54) is 25.7 Å². The van der Waals surface area contributed by atoms with Gasteiger partial charge in [0, 0.05) is 41.8 Å². The van der Waals surface area contributed by atoms with Crippen molar-refractivity contribution in [1.29, 1.82) is 0 Å². The van der Waals surface area contributed by atoms with Crippen molar-refractivity contribution in [2.45, 2.75) is 38.6 Å². The molecule has 1 fully saturated rings. The second kappa shape index (κ2) is 6.12. The van der Waals surface area contributed by atoms with Crippen LogP contribution in [0.1, 0.15) is 32.6 Å². The highest BCUT2D eigenvalue weighted by molar-refractivity contribution is 5.94. The van der Waals surface area contributed by atoms with E-state index >= 15 is 0 Å². The van der Waals surface area contributed by atoms with Gasteiger partial charge in [0.15, 0.2) is 0 Å². The average molecular weight is 346 g/mol. The smallest absolute Gasteiger partial charge is 0.224 e. The molecule has 6 nitrogen and oxygen atoms in total. The molecule has 0 aliphatic heterocycles. The van der Waals surface area contributed by atoms with Gasteiger partial charge < -0.3 is 10.3 Å². The molecule has 0 aromatic carbocycles. The molecule has 0 spiro atoms. The Hall–Kier alpha value is -2.89. The number of hydrogen-bond acceptors (Lipinski definition) is 4. The summed E-state index contributed by atoms with van der Waals surface area (Å²) in [6, 6.07) is 6.69. The van der Waals surface area contributed by atoms with E-state index in [4.69, 9.17) is 4.98 Å². The number of aromatic nitrogens is 5. The standard InChI is InChI=1S/C20H22N6/c1-13-2-4-15(5-3-13)24-20-22-12-18-17(11-21-19(18)25-20)14-7-9-26-16(10-14)6-8-23-26/h6-13,15H,2-5H2,1H3,(H2,21,22,24,25)/t13-,15-. The molecule has 4 aromatic heterocycles. The van der Waals surface area contributed by atoms with Gasteiger partial charge in [-0.3, -0.25) is 0 Å². The topological polar surface area (TPSA) is 70.9 Å². The Morgan fingerprint density at radius 1 is 1.19 bits per heavy atom. The van der Waals surface area contributed by atoms with Gasteiger partial charge in [0.1, 0.15) is 5.65 Å². The fourth-order valence-electron chi connectivity index (χ4n) is 3.89. The molecule has 0 unspecified atom stereocenters. The summed E-state index contributed by atoms with van der Waals surface area (Å²) in [4.78, 5) is 12.6. The quantitative estimate of drug-likeness (QED) is 0.581. The molecule has 0 saturated heterocycles. The van der Waals surface area contributed by atoms with Crippen molar-refractivity contribution in [3.8, 4) is 11.1 Å². The zero-order valence-electron chi connectivity index (χ0n) is 14.8. The van der Waals surface area contributed by atoms with E-state index in [0.717, 1.165) is 39.5 Å². The number of fused-ring (bicyclic) bond motifs is 2. The molecule has 1 aliphatic carbocycles. The van der Waals surface area contributed by atoms with Crippen LogP contribution >= 0.6 is 0 Å². The van der Waals surface area contributed by atoms with E-state index in [2.05, 4.69) is 39.4 Å². The molecule has 0 amide bonds. The normalized spacial score (nSPS) is 20.7. The van der Waals surface area contributed by atoms with Gasteiger partial charge in [0.05, 0.1) is 5.52 Å². The minimum atomic E-state index is 0.488. The lowest BCUT2D eigenvalue weighted by atomic mass is 9.87. The summed E-state index contributed by atoms with van der Waals surface area (Å²) in [5, 5.41) is 8.80. The maximum atomic E-state index is 4.69. The van der Waals surface area contributed by atoms with Crippen LogP contribution in [0.5, 0.6) is 0 Å². The van der Waals surface area contributed by atoms with Gasteiger partial charge in [-0.25, -0.2) is 9.50 Å². The summed E-state index contributed by atoms with van der Waals surface area (Å²) in [5.41, 5.74) is 4.19. The Kier molecular flexibility index (Phi) is 3.62. The highest BCUT2D eigenvalue weighted by Crippen LogP contribution is 2.29. The molecule has 6 heteroatoms. The van der Waals surface area contributed by atoms with Crippen LogP contribution in [0.25, 0.3) is 27.7 Å². The van der Waals surface area contributed by atoms with Gasteiger partial charge in [-0.15, -0.1) is 0 Å². The Morgan fingerprint density at radius 2 is 2.08 bits per heavy atom. The SMILES string of the molecule is C[C@H]1CC[C@H](Nc2ncc3c(-c4ccn5nccc5c4)c[nH]c3n2)CC1. The molecule has 0 bridgehead atoms. The van der Waals surface area contributed by atoms with Crippen molar-refractivity contribution >= 4 is 22.5 Å². The lowest BCUT2D eigenvalue weighted by Gasteiger charge is -2.26. The third-order valence-corrected chi connectivity index (χ3v) is 5.49. The van der Waals surface area contributed by atoms with Crippen LogP contribution in [0.3, 0.4) is 0 Å². The predicted molar refractivity (Wildman–Crippen MR) is 103 cm³/mol. The molecule has 1 aliphatic rings. The predicted octanol–water partition coefficient (Wildman–Crippen LogP) is 4.26. The molecule has 0 atom stereocenters. The average Bonchev–Trinajstić information content (AvgIpc) is 3.29. The van der Waals surface area contributed by atoms with Crippen molar-refractivity contribution in [2.24, 2.45) is 5.92 Å². The number of nitrogens with zero attached hydrogens (tertiary/aromatic N) is 4. The maximum Gasteiger partial charge on any atom is 0.224 e. The zero-order chi connectivity index (χ0) is 17.5. The first-order valence-corrected chi connectivity index (χ1v) is 9.31. The van der Waals surface area contributed by atoms with E-state index in [-0.39, 0.29) is 0 Å². The largest absolute Gasteiger partial charge is 0.351 e. The first kappa shape index (κ1) is 15.4. The van der Waals surface area contributed by atoms with E-state index in [1.807, 2.05) is 29.2 Å². The van der Waals surface area contributed by atoms with Crippen molar-refractivity contribution in [3.05, 3.63) is 43.0 Å². The number of anilines is 1. The van der Waals surface area contributed by atoms with Gasteiger partial charge in [-0.2, -0.15) is 10.1 Å². The summed E-state index contributed by atoms with van der Waals surface area (Å²) in [7, 11) is 0. The summed E-state index contributed by atoms with van der Waals surface area (Å²) in [6.45, 7) is 2.33. The molecule has 132 valence electrons. The van der Waals surface area contributed by atoms with Gasteiger partial charge in [0.25, 0.3) is 0 Å². The second-order valence-electron chi connectivity index (χ2n) is 7.38. The molecular weight excluding hydrogens is 324 g/mol. The Bertz CT molecular complexity index is 1050. The van der Waals surface area contributed by atoms with Crippen molar-refractivity contribution in [3.63, 3.8) is 0 Å². The number of aromatic amines is 1. The first-order chi connectivity index (χ1) is 12.8. The van der Waals surface area contributed by atoms with Gasteiger partial charge in [-0.05, 0) is 55.4 Å². The van der Waals surface area contributed by atoms with Crippen LogP contribution in [0.2, 0.25) is 0 Å². The van der Waals surface area contributed by atoms with Crippen molar-refractivity contribution in [1.82, 2.24) is 24.6 Å². The number of rotatable bonds is 3. The van der Waals surface area contributed by atoms with Crippen molar-refractivity contribution in [2.75, 3.05) is 5.32 Å².